The standard InChI is InChI=1S/C12H20O2/c13-12(14)8-10-6-3-5-9-4-1-2-7-11(9)10/h9-11H,1-8H2,(H,13,14). The highest BCUT2D eigenvalue weighted by molar-refractivity contribution is 5.67. The second kappa shape index (κ2) is 4.33. The summed E-state index contributed by atoms with van der Waals surface area (Å²) in [6.07, 6.45) is 9.57. The predicted octanol–water partition coefficient (Wildman–Crippen LogP) is 3.07. The largest absolute Gasteiger partial charge is 0.481 e. The van der Waals surface area contributed by atoms with E-state index < -0.39 is 5.97 Å². The second-order valence-electron chi connectivity index (χ2n) is 5.00. The van der Waals surface area contributed by atoms with Crippen LogP contribution in [0.25, 0.3) is 0 Å². The Hall–Kier alpha value is -0.530. The molecule has 2 fully saturated rings. The molecule has 2 heteroatoms. The van der Waals surface area contributed by atoms with Crippen molar-refractivity contribution in [3.8, 4) is 0 Å². The van der Waals surface area contributed by atoms with E-state index in [0.717, 1.165) is 18.3 Å². The van der Waals surface area contributed by atoms with E-state index in [2.05, 4.69) is 0 Å². The lowest BCUT2D eigenvalue weighted by molar-refractivity contribution is -0.139. The number of aliphatic carboxylic acids is 1. The number of fused-ring (bicyclic) bond motifs is 1. The van der Waals surface area contributed by atoms with E-state index in [1.807, 2.05) is 0 Å². The van der Waals surface area contributed by atoms with Crippen LogP contribution in [0, 0.1) is 17.8 Å². The third kappa shape index (κ3) is 2.10. The SMILES string of the molecule is O=C(O)CC1CCCC2CCCCC21. The fourth-order valence-corrected chi connectivity index (χ4v) is 3.55. The van der Waals surface area contributed by atoms with Crippen LogP contribution in [0.4, 0.5) is 0 Å². The Kier molecular flexibility index (Phi) is 3.09. The Labute approximate surface area is 85.7 Å². The van der Waals surface area contributed by atoms with E-state index in [1.54, 1.807) is 0 Å². The minimum Gasteiger partial charge on any atom is -0.481 e. The molecule has 0 aromatic heterocycles. The average Bonchev–Trinajstić information content (AvgIpc) is 2.18. The van der Waals surface area contributed by atoms with Crippen molar-refractivity contribution in [3.05, 3.63) is 0 Å². The Morgan fingerprint density at radius 3 is 2.57 bits per heavy atom. The zero-order chi connectivity index (χ0) is 9.97. The number of rotatable bonds is 2. The molecule has 2 rings (SSSR count). The van der Waals surface area contributed by atoms with Crippen molar-refractivity contribution in [1.82, 2.24) is 0 Å². The first-order valence-corrected chi connectivity index (χ1v) is 5.99. The molecule has 3 atom stereocenters. The Morgan fingerprint density at radius 1 is 1.07 bits per heavy atom. The molecule has 2 saturated carbocycles. The predicted molar refractivity (Wildman–Crippen MR) is 55.0 cm³/mol. The van der Waals surface area contributed by atoms with E-state index in [0.29, 0.717) is 12.3 Å². The number of hydrogen-bond donors (Lipinski definition) is 1. The van der Waals surface area contributed by atoms with Crippen LogP contribution in [-0.4, -0.2) is 11.1 Å². The van der Waals surface area contributed by atoms with Crippen LogP contribution in [-0.2, 0) is 4.79 Å². The van der Waals surface area contributed by atoms with E-state index >= 15 is 0 Å². The van der Waals surface area contributed by atoms with Crippen LogP contribution < -0.4 is 0 Å². The van der Waals surface area contributed by atoms with Crippen LogP contribution in [0.2, 0.25) is 0 Å². The summed E-state index contributed by atoms with van der Waals surface area (Å²) >= 11 is 0. The summed E-state index contributed by atoms with van der Waals surface area (Å²) in [5.74, 6) is 1.50. The maximum atomic E-state index is 10.7. The lowest BCUT2D eigenvalue weighted by Crippen LogP contribution is -2.32. The van der Waals surface area contributed by atoms with Gasteiger partial charge in [-0.05, 0) is 30.6 Å². The van der Waals surface area contributed by atoms with Crippen LogP contribution >= 0.6 is 0 Å². The van der Waals surface area contributed by atoms with Crippen molar-refractivity contribution >= 4 is 5.97 Å². The highest BCUT2D eigenvalue weighted by Gasteiger charge is 2.35. The molecule has 0 heterocycles. The molecule has 0 saturated heterocycles. The zero-order valence-electron chi connectivity index (χ0n) is 8.74. The molecule has 1 N–H and O–H groups in total. The highest BCUT2D eigenvalue weighted by atomic mass is 16.4. The molecule has 0 aromatic carbocycles. The van der Waals surface area contributed by atoms with Crippen LogP contribution in [0.5, 0.6) is 0 Å². The Bertz CT molecular complexity index is 210. The van der Waals surface area contributed by atoms with E-state index in [4.69, 9.17) is 5.11 Å². The minimum atomic E-state index is -0.596. The smallest absolute Gasteiger partial charge is 0.303 e. The van der Waals surface area contributed by atoms with Gasteiger partial charge in [-0.15, -0.1) is 0 Å². The number of carboxylic acids is 1. The van der Waals surface area contributed by atoms with Crippen LogP contribution in [0.15, 0.2) is 0 Å². The molecule has 14 heavy (non-hydrogen) atoms. The number of carbonyl (C=O) groups is 1. The molecular weight excluding hydrogens is 176 g/mol. The molecule has 2 aliphatic rings. The first-order valence-electron chi connectivity index (χ1n) is 5.99. The number of carboxylic acid groups (broad SMARTS) is 1. The monoisotopic (exact) mass is 196 g/mol. The fraction of sp³-hybridized carbons (Fsp3) is 0.917. The average molecular weight is 196 g/mol. The topological polar surface area (TPSA) is 37.3 Å². The maximum absolute atomic E-state index is 10.7. The Balaban J connectivity index is 1.97. The molecule has 0 spiro atoms. The summed E-state index contributed by atoms with van der Waals surface area (Å²) in [6.45, 7) is 0. The summed E-state index contributed by atoms with van der Waals surface area (Å²) in [6, 6.07) is 0. The van der Waals surface area contributed by atoms with Gasteiger partial charge < -0.3 is 5.11 Å². The van der Waals surface area contributed by atoms with Gasteiger partial charge in [-0.25, -0.2) is 0 Å². The lowest BCUT2D eigenvalue weighted by atomic mass is 9.65. The third-order valence-electron chi connectivity index (χ3n) is 4.16. The van der Waals surface area contributed by atoms with Crippen molar-refractivity contribution in [1.29, 1.82) is 0 Å². The first kappa shape index (κ1) is 10.0. The Morgan fingerprint density at radius 2 is 1.79 bits per heavy atom. The summed E-state index contributed by atoms with van der Waals surface area (Å²) < 4.78 is 0. The van der Waals surface area contributed by atoms with Gasteiger partial charge in [0.25, 0.3) is 0 Å². The van der Waals surface area contributed by atoms with Crippen LogP contribution in [0.1, 0.15) is 51.4 Å². The van der Waals surface area contributed by atoms with Crippen molar-refractivity contribution in [2.75, 3.05) is 0 Å². The molecule has 80 valence electrons. The summed E-state index contributed by atoms with van der Waals surface area (Å²) in [7, 11) is 0. The third-order valence-corrected chi connectivity index (χ3v) is 4.16. The zero-order valence-corrected chi connectivity index (χ0v) is 8.74. The van der Waals surface area contributed by atoms with Crippen LogP contribution in [0.3, 0.4) is 0 Å². The van der Waals surface area contributed by atoms with Gasteiger partial charge in [-0.2, -0.15) is 0 Å². The van der Waals surface area contributed by atoms with Gasteiger partial charge in [0.1, 0.15) is 0 Å². The minimum absolute atomic E-state index is 0.418. The maximum Gasteiger partial charge on any atom is 0.303 e. The van der Waals surface area contributed by atoms with Crippen molar-refractivity contribution in [2.24, 2.45) is 17.8 Å². The first-order chi connectivity index (χ1) is 6.77. The van der Waals surface area contributed by atoms with Gasteiger partial charge >= 0.3 is 5.97 Å². The van der Waals surface area contributed by atoms with Gasteiger partial charge in [0.15, 0.2) is 0 Å². The van der Waals surface area contributed by atoms with Gasteiger partial charge in [0.2, 0.25) is 0 Å². The van der Waals surface area contributed by atoms with Crippen molar-refractivity contribution in [2.45, 2.75) is 51.4 Å². The van der Waals surface area contributed by atoms with E-state index in [9.17, 15) is 4.79 Å². The van der Waals surface area contributed by atoms with E-state index in [-0.39, 0.29) is 0 Å². The van der Waals surface area contributed by atoms with Crippen molar-refractivity contribution < 1.29 is 9.90 Å². The molecule has 0 amide bonds. The molecule has 0 bridgehead atoms. The van der Waals surface area contributed by atoms with Crippen molar-refractivity contribution in [3.63, 3.8) is 0 Å². The summed E-state index contributed by atoms with van der Waals surface area (Å²) in [5.41, 5.74) is 0. The normalized spacial score (nSPS) is 37.6. The number of hydrogen-bond acceptors (Lipinski definition) is 1. The van der Waals surface area contributed by atoms with Gasteiger partial charge in [0.05, 0.1) is 0 Å². The molecule has 0 aromatic rings. The molecular formula is C12H20O2. The quantitative estimate of drug-likeness (QED) is 0.737. The highest BCUT2D eigenvalue weighted by Crippen LogP contribution is 2.44. The molecule has 0 aliphatic heterocycles. The summed E-state index contributed by atoms with van der Waals surface area (Å²) in [4.78, 5) is 10.7. The molecule has 0 radical (unpaired) electrons. The van der Waals surface area contributed by atoms with E-state index in [1.165, 1.54) is 38.5 Å². The van der Waals surface area contributed by atoms with Gasteiger partial charge in [-0.1, -0.05) is 32.1 Å². The summed E-state index contributed by atoms with van der Waals surface area (Å²) in [5, 5.41) is 8.86. The second-order valence-corrected chi connectivity index (χ2v) is 5.00. The van der Waals surface area contributed by atoms with Gasteiger partial charge in [-0.3, -0.25) is 4.79 Å². The lowest BCUT2D eigenvalue weighted by Gasteiger charge is -2.40. The molecule has 3 unspecified atom stereocenters. The van der Waals surface area contributed by atoms with Gasteiger partial charge in [0, 0.05) is 6.42 Å². The molecule has 2 aliphatic carbocycles. The molecule has 2 nitrogen and oxygen atoms in total. The fourth-order valence-electron chi connectivity index (χ4n) is 3.55.